The van der Waals surface area contributed by atoms with Gasteiger partial charge in [0.1, 0.15) is 5.60 Å². The van der Waals surface area contributed by atoms with E-state index in [1.807, 2.05) is 25.7 Å². The van der Waals surface area contributed by atoms with Crippen LogP contribution in [0.15, 0.2) is 28.7 Å². The molecule has 1 aromatic rings. The molecule has 0 radical (unpaired) electrons. The molecule has 0 spiro atoms. The van der Waals surface area contributed by atoms with E-state index in [4.69, 9.17) is 4.74 Å². The molecule has 4 nitrogen and oxygen atoms in total. The summed E-state index contributed by atoms with van der Waals surface area (Å²) >= 11 is 3.46. The van der Waals surface area contributed by atoms with Crippen LogP contribution in [0.5, 0.6) is 0 Å². The Morgan fingerprint density at radius 2 is 1.91 bits per heavy atom. The highest BCUT2D eigenvalue weighted by molar-refractivity contribution is 9.10. The molecule has 0 aliphatic carbocycles. The minimum absolute atomic E-state index is 0.197. The van der Waals surface area contributed by atoms with Crippen molar-refractivity contribution in [2.45, 2.75) is 45.8 Å². The average Bonchev–Trinajstić information content (AvgIpc) is 2.46. The molecule has 1 saturated heterocycles. The molecular weight excluding hydrogens is 356 g/mol. The van der Waals surface area contributed by atoms with Gasteiger partial charge in [-0.2, -0.15) is 0 Å². The third-order valence-electron chi connectivity index (χ3n) is 4.02. The number of hydrogen-bond donors (Lipinski definition) is 0. The van der Waals surface area contributed by atoms with Crippen LogP contribution in [0.2, 0.25) is 0 Å². The van der Waals surface area contributed by atoms with Gasteiger partial charge < -0.3 is 9.64 Å². The zero-order chi connectivity index (χ0) is 17.0. The van der Waals surface area contributed by atoms with E-state index in [1.165, 1.54) is 5.56 Å². The van der Waals surface area contributed by atoms with Gasteiger partial charge in [-0.3, -0.25) is 4.90 Å². The summed E-state index contributed by atoms with van der Waals surface area (Å²) in [4.78, 5) is 16.4. The largest absolute Gasteiger partial charge is 0.444 e. The summed E-state index contributed by atoms with van der Waals surface area (Å²) in [5.74, 6) is 0. The highest BCUT2D eigenvalue weighted by Gasteiger charge is 2.29. The summed E-state index contributed by atoms with van der Waals surface area (Å²) in [6.45, 7) is 11.3. The van der Waals surface area contributed by atoms with Crippen molar-refractivity contribution in [2.75, 3.05) is 26.2 Å². The molecule has 2 rings (SSSR count). The minimum atomic E-state index is -0.432. The van der Waals surface area contributed by atoms with Crippen LogP contribution in [0.3, 0.4) is 0 Å². The number of hydrogen-bond acceptors (Lipinski definition) is 3. The number of carbonyl (C=O) groups excluding carboxylic acids is 1. The Kier molecular flexibility index (Phi) is 6.09. The Hall–Kier alpha value is -1.07. The number of benzene rings is 1. The number of nitrogens with zero attached hydrogens (tertiary/aromatic N) is 2. The third kappa shape index (κ3) is 5.81. The second-order valence-electron chi connectivity index (χ2n) is 7.19. The molecule has 1 heterocycles. The van der Waals surface area contributed by atoms with E-state index in [0.717, 1.165) is 37.1 Å². The van der Waals surface area contributed by atoms with Crippen LogP contribution in [0.1, 0.15) is 33.3 Å². The number of carbonyl (C=O) groups is 1. The van der Waals surface area contributed by atoms with Gasteiger partial charge in [0.25, 0.3) is 0 Å². The van der Waals surface area contributed by atoms with Crippen LogP contribution >= 0.6 is 15.9 Å². The summed E-state index contributed by atoms with van der Waals surface area (Å²) in [6.07, 6.45) is 0.834. The Morgan fingerprint density at radius 3 is 2.48 bits per heavy atom. The van der Waals surface area contributed by atoms with Gasteiger partial charge in [0.15, 0.2) is 0 Å². The van der Waals surface area contributed by atoms with Crippen molar-refractivity contribution in [1.82, 2.24) is 9.80 Å². The molecule has 1 aliphatic rings. The Bertz CT molecular complexity index is 525. The van der Waals surface area contributed by atoms with E-state index in [9.17, 15) is 4.79 Å². The first-order chi connectivity index (χ1) is 10.7. The lowest BCUT2D eigenvalue weighted by Gasteiger charge is -2.40. The fourth-order valence-electron chi connectivity index (χ4n) is 2.74. The van der Waals surface area contributed by atoms with E-state index >= 15 is 0 Å². The molecule has 1 atom stereocenters. The molecular formula is C18H27BrN2O2. The van der Waals surface area contributed by atoms with Crippen LogP contribution in [-0.2, 0) is 11.2 Å². The summed E-state index contributed by atoms with van der Waals surface area (Å²) in [5.41, 5.74) is 0.911. The molecule has 0 aromatic heterocycles. The topological polar surface area (TPSA) is 32.8 Å². The van der Waals surface area contributed by atoms with Crippen molar-refractivity contribution in [3.63, 3.8) is 0 Å². The maximum Gasteiger partial charge on any atom is 0.410 e. The molecule has 0 bridgehead atoms. The second-order valence-corrected chi connectivity index (χ2v) is 8.10. The standard InChI is InChI=1S/C18H27BrN2O2/c1-14-13-21(17(22)23-18(2,3)4)12-11-20(14)10-9-15-5-7-16(19)8-6-15/h5-8,14H,9-13H2,1-4H3/t14-/m1/s1. The maximum absolute atomic E-state index is 12.2. The van der Waals surface area contributed by atoms with E-state index < -0.39 is 5.60 Å². The predicted octanol–water partition coefficient (Wildman–Crippen LogP) is 3.93. The lowest BCUT2D eigenvalue weighted by atomic mass is 10.1. The predicted molar refractivity (Wildman–Crippen MR) is 96.7 cm³/mol. The zero-order valence-corrected chi connectivity index (χ0v) is 16.1. The van der Waals surface area contributed by atoms with Gasteiger partial charge in [-0.25, -0.2) is 4.79 Å². The van der Waals surface area contributed by atoms with Crippen molar-refractivity contribution >= 4 is 22.0 Å². The average molecular weight is 383 g/mol. The highest BCUT2D eigenvalue weighted by Crippen LogP contribution is 2.16. The molecule has 23 heavy (non-hydrogen) atoms. The molecule has 5 heteroatoms. The van der Waals surface area contributed by atoms with E-state index in [1.54, 1.807) is 0 Å². The first-order valence-corrected chi connectivity index (χ1v) is 9.00. The monoisotopic (exact) mass is 382 g/mol. The van der Waals surface area contributed by atoms with Crippen molar-refractivity contribution in [1.29, 1.82) is 0 Å². The van der Waals surface area contributed by atoms with E-state index in [2.05, 4.69) is 52.0 Å². The van der Waals surface area contributed by atoms with Crippen LogP contribution in [0, 0.1) is 0 Å². The summed E-state index contributed by atoms with van der Waals surface area (Å²) < 4.78 is 6.58. The summed E-state index contributed by atoms with van der Waals surface area (Å²) in [5, 5.41) is 0. The molecule has 0 saturated carbocycles. The number of halogens is 1. The number of ether oxygens (including phenoxy) is 1. The van der Waals surface area contributed by atoms with Gasteiger partial charge in [0, 0.05) is 36.7 Å². The maximum atomic E-state index is 12.2. The SMILES string of the molecule is C[C@@H]1CN(C(=O)OC(C)(C)C)CCN1CCc1ccc(Br)cc1. The first kappa shape index (κ1) is 18.3. The molecule has 1 aliphatic heterocycles. The molecule has 1 amide bonds. The molecule has 1 fully saturated rings. The van der Waals surface area contributed by atoms with Crippen LogP contribution in [0.25, 0.3) is 0 Å². The van der Waals surface area contributed by atoms with Crippen LogP contribution in [0.4, 0.5) is 4.79 Å². The van der Waals surface area contributed by atoms with Crippen molar-refractivity contribution in [2.24, 2.45) is 0 Å². The number of amides is 1. The second kappa shape index (κ2) is 7.67. The first-order valence-electron chi connectivity index (χ1n) is 8.21. The van der Waals surface area contributed by atoms with Gasteiger partial charge in [0.2, 0.25) is 0 Å². The Labute approximate surface area is 147 Å². The van der Waals surface area contributed by atoms with Gasteiger partial charge in [-0.05, 0) is 51.8 Å². The van der Waals surface area contributed by atoms with Crippen molar-refractivity contribution in [3.05, 3.63) is 34.3 Å². The van der Waals surface area contributed by atoms with Crippen molar-refractivity contribution in [3.8, 4) is 0 Å². The van der Waals surface area contributed by atoms with E-state index in [-0.39, 0.29) is 6.09 Å². The molecule has 128 valence electrons. The van der Waals surface area contributed by atoms with E-state index in [0.29, 0.717) is 6.04 Å². The number of piperazine rings is 1. The van der Waals surface area contributed by atoms with Gasteiger partial charge in [-0.1, -0.05) is 28.1 Å². The lowest BCUT2D eigenvalue weighted by molar-refractivity contribution is 0.00598. The lowest BCUT2D eigenvalue weighted by Crippen LogP contribution is -2.54. The summed E-state index contributed by atoms with van der Waals surface area (Å²) in [6, 6.07) is 8.84. The van der Waals surface area contributed by atoms with Crippen LogP contribution in [-0.4, -0.2) is 53.7 Å². The number of rotatable bonds is 3. The molecule has 1 aromatic carbocycles. The van der Waals surface area contributed by atoms with Crippen LogP contribution < -0.4 is 0 Å². The zero-order valence-electron chi connectivity index (χ0n) is 14.5. The molecule has 0 unspecified atom stereocenters. The Morgan fingerprint density at radius 1 is 1.26 bits per heavy atom. The third-order valence-corrected chi connectivity index (χ3v) is 4.55. The fourth-order valence-corrected chi connectivity index (χ4v) is 3.01. The highest BCUT2D eigenvalue weighted by atomic mass is 79.9. The quantitative estimate of drug-likeness (QED) is 0.793. The Balaban J connectivity index is 1.82. The van der Waals surface area contributed by atoms with Gasteiger partial charge in [0.05, 0.1) is 0 Å². The fraction of sp³-hybridized carbons (Fsp3) is 0.611. The minimum Gasteiger partial charge on any atom is -0.444 e. The van der Waals surface area contributed by atoms with Crippen molar-refractivity contribution < 1.29 is 9.53 Å². The summed E-state index contributed by atoms with van der Waals surface area (Å²) in [7, 11) is 0. The molecule has 0 N–H and O–H groups in total. The van der Waals surface area contributed by atoms with Gasteiger partial charge in [-0.15, -0.1) is 0 Å². The smallest absolute Gasteiger partial charge is 0.410 e. The van der Waals surface area contributed by atoms with Gasteiger partial charge >= 0.3 is 6.09 Å². The normalized spacial score (nSPS) is 19.7.